The molecule has 0 spiro atoms. The topological polar surface area (TPSA) is 77.4 Å². The van der Waals surface area contributed by atoms with E-state index in [9.17, 15) is 10.2 Å². The number of ether oxygens (including phenoxy) is 4. The second-order valence-electron chi connectivity index (χ2n) is 7.60. The highest BCUT2D eigenvalue weighted by Gasteiger charge is 2.49. The van der Waals surface area contributed by atoms with Crippen LogP contribution in [0.25, 0.3) is 0 Å². The molecule has 3 rings (SSSR count). The normalized spacial score (nSPS) is 23.0. The first kappa shape index (κ1) is 21.9. The van der Waals surface area contributed by atoms with Crippen molar-refractivity contribution in [2.24, 2.45) is 0 Å². The monoisotopic (exact) mass is 402 g/mol. The van der Waals surface area contributed by atoms with E-state index in [0.29, 0.717) is 13.2 Å². The second kappa shape index (κ2) is 10.3. The summed E-state index contributed by atoms with van der Waals surface area (Å²) in [5.74, 6) is -0.873. The Balaban J connectivity index is 1.68. The number of hydrogen-bond acceptors (Lipinski definition) is 6. The fourth-order valence-electron chi connectivity index (χ4n) is 3.45. The van der Waals surface area contributed by atoms with Gasteiger partial charge < -0.3 is 29.2 Å². The lowest BCUT2D eigenvalue weighted by molar-refractivity contribution is -0.170. The zero-order chi connectivity index (χ0) is 20.7. The van der Waals surface area contributed by atoms with Crippen molar-refractivity contribution in [1.82, 2.24) is 0 Å². The molecule has 0 bridgehead atoms. The average molecular weight is 402 g/mol. The first-order chi connectivity index (χ1) is 14.0. The van der Waals surface area contributed by atoms with Crippen molar-refractivity contribution in [1.29, 1.82) is 0 Å². The molecule has 2 N–H and O–H groups in total. The fraction of sp³-hybridized carbons (Fsp3) is 0.478. The van der Waals surface area contributed by atoms with Crippen LogP contribution in [0, 0.1) is 0 Å². The van der Waals surface area contributed by atoms with Crippen LogP contribution in [0.15, 0.2) is 60.7 Å². The number of rotatable bonds is 10. The Kier molecular flexibility index (Phi) is 7.77. The zero-order valence-corrected chi connectivity index (χ0v) is 16.9. The summed E-state index contributed by atoms with van der Waals surface area (Å²) in [6.07, 6.45) is -2.38. The van der Waals surface area contributed by atoms with Crippen LogP contribution in [-0.2, 0) is 32.2 Å². The van der Waals surface area contributed by atoms with Crippen molar-refractivity contribution in [2.45, 2.75) is 57.3 Å². The molecule has 6 nitrogen and oxygen atoms in total. The molecular weight excluding hydrogens is 372 g/mol. The lowest BCUT2D eigenvalue weighted by atomic mass is 10.0. The van der Waals surface area contributed by atoms with E-state index in [-0.39, 0.29) is 13.2 Å². The summed E-state index contributed by atoms with van der Waals surface area (Å²) in [6.45, 7) is 3.82. The summed E-state index contributed by atoms with van der Waals surface area (Å²) in [6, 6.07) is 19.5. The van der Waals surface area contributed by atoms with Crippen molar-refractivity contribution in [3.05, 3.63) is 71.8 Å². The molecule has 1 fully saturated rings. The number of aliphatic hydroxyl groups excluding tert-OH is 2. The molecule has 158 valence electrons. The van der Waals surface area contributed by atoms with Gasteiger partial charge in [-0.15, -0.1) is 0 Å². The highest BCUT2D eigenvalue weighted by Crippen LogP contribution is 2.34. The van der Waals surface area contributed by atoms with E-state index in [1.807, 2.05) is 60.7 Å². The van der Waals surface area contributed by atoms with Crippen molar-refractivity contribution < 1.29 is 29.2 Å². The Morgan fingerprint density at radius 3 is 1.48 bits per heavy atom. The lowest BCUT2D eigenvalue weighted by Crippen LogP contribution is -2.47. The van der Waals surface area contributed by atoms with Gasteiger partial charge in [0.1, 0.15) is 24.4 Å². The van der Waals surface area contributed by atoms with Gasteiger partial charge in [-0.3, -0.25) is 0 Å². The van der Waals surface area contributed by atoms with Gasteiger partial charge in [0.25, 0.3) is 0 Å². The van der Waals surface area contributed by atoms with Crippen LogP contribution in [0.5, 0.6) is 0 Å². The summed E-state index contributed by atoms with van der Waals surface area (Å²) < 4.78 is 24.0. The van der Waals surface area contributed by atoms with Gasteiger partial charge in [-0.25, -0.2) is 0 Å². The van der Waals surface area contributed by atoms with E-state index in [1.54, 1.807) is 13.8 Å². The van der Waals surface area contributed by atoms with E-state index in [1.165, 1.54) is 0 Å². The zero-order valence-electron chi connectivity index (χ0n) is 16.9. The standard InChI is InChI=1S/C23H30O6/c1-23(2)28-21(19(13-24)26-15-17-9-5-3-6-10-17)22(29-23)20(14-25)27-16-18-11-7-4-8-12-18/h3-12,19-22,24-25H,13-16H2,1-2H3. The molecule has 4 unspecified atom stereocenters. The summed E-state index contributed by atoms with van der Waals surface area (Å²) in [5, 5.41) is 19.9. The molecule has 0 amide bonds. The minimum Gasteiger partial charge on any atom is -0.394 e. The van der Waals surface area contributed by atoms with Crippen molar-refractivity contribution >= 4 is 0 Å². The van der Waals surface area contributed by atoms with Gasteiger partial charge in [0, 0.05) is 0 Å². The minimum atomic E-state index is -0.873. The summed E-state index contributed by atoms with van der Waals surface area (Å²) >= 11 is 0. The molecule has 0 saturated carbocycles. The Morgan fingerprint density at radius 1 is 0.759 bits per heavy atom. The number of aliphatic hydroxyl groups is 2. The number of benzene rings is 2. The summed E-state index contributed by atoms with van der Waals surface area (Å²) in [7, 11) is 0. The molecule has 29 heavy (non-hydrogen) atoms. The maximum Gasteiger partial charge on any atom is 0.164 e. The SMILES string of the molecule is CC1(C)OC(C(CO)OCc2ccccc2)C(C(CO)OCc2ccccc2)O1. The molecule has 4 atom stereocenters. The summed E-state index contributed by atoms with van der Waals surface area (Å²) in [5.41, 5.74) is 2.00. The molecular formula is C23H30O6. The van der Waals surface area contributed by atoms with Crippen molar-refractivity contribution in [3.63, 3.8) is 0 Å². The van der Waals surface area contributed by atoms with Crippen LogP contribution in [0.1, 0.15) is 25.0 Å². The third-order valence-electron chi connectivity index (χ3n) is 4.87. The molecule has 1 aliphatic heterocycles. The minimum absolute atomic E-state index is 0.232. The fourth-order valence-corrected chi connectivity index (χ4v) is 3.45. The third-order valence-corrected chi connectivity index (χ3v) is 4.87. The Hall–Kier alpha value is -1.80. The molecule has 1 saturated heterocycles. The van der Waals surface area contributed by atoms with Crippen LogP contribution < -0.4 is 0 Å². The maximum atomic E-state index is 9.95. The average Bonchev–Trinajstić information content (AvgIpc) is 3.06. The predicted molar refractivity (Wildman–Crippen MR) is 108 cm³/mol. The van der Waals surface area contributed by atoms with E-state index in [2.05, 4.69) is 0 Å². The highest BCUT2D eigenvalue weighted by atomic mass is 16.8. The molecule has 0 aromatic heterocycles. The Bertz CT molecular complexity index is 659. The Labute approximate surface area is 172 Å². The second-order valence-corrected chi connectivity index (χ2v) is 7.60. The van der Waals surface area contributed by atoms with Crippen molar-refractivity contribution in [3.8, 4) is 0 Å². The van der Waals surface area contributed by atoms with Gasteiger partial charge in [0.2, 0.25) is 0 Å². The lowest BCUT2D eigenvalue weighted by Gasteiger charge is -2.29. The van der Waals surface area contributed by atoms with E-state index in [4.69, 9.17) is 18.9 Å². The largest absolute Gasteiger partial charge is 0.394 e. The van der Waals surface area contributed by atoms with Gasteiger partial charge in [-0.05, 0) is 25.0 Å². The molecule has 2 aromatic rings. The Morgan fingerprint density at radius 2 is 1.14 bits per heavy atom. The molecule has 1 aliphatic rings. The van der Waals surface area contributed by atoms with Crippen LogP contribution in [0.4, 0.5) is 0 Å². The smallest absolute Gasteiger partial charge is 0.164 e. The van der Waals surface area contributed by atoms with Gasteiger partial charge in [0.05, 0.1) is 26.4 Å². The molecule has 0 radical (unpaired) electrons. The summed E-state index contributed by atoms with van der Waals surface area (Å²) in [4.78, 5) is 0. The van der Waals surface area contributed by atoms with Crippen LogP contribution in [0.2, 0.25) is 0 Å². The van der Waals surface area contributed by atoms with Crippen LogP contribution in [0.3, 0.4) is 0 Å². The highest BCUT2D eigenvalue weighted by molar-refractivity contribution is 5.14. The van der Waals surface area contributed by atoms with Gasteiger partial charge >= 0.3 is 0 Å². The molecule has 0 aliphatic carbocycles. The quantitative estimate of drug-likeness (QED) is 0.636. The van der Waals surface area contributed by atoms with Crippen LogP contribution in [-0.4, -0.2) is 53.6 Å². The number of hydrogen-bond donors (Lipinski definition) is 2. The van der Waals surface area contributed by atoms with Crippen molar-refractivity contribution in [2.75, 3.05) is 13.2 Å². The predicted octanol–water partition coefficient (Wildman–Crippen LogP) is 2.66. The first-order valence-corrected chi connectivity index (χ1v) is 9.91. The van der Waals surface area contributed by atoms with Gasteiger partial charge in [0.15, 0.2) is 5.79 Å². The first-order valence-electron chi connectivity index (χ1n) is 9.91. The van der Waals surface area contributed by atoms with Gasteiger partial charge in [-0.2, -0.15) is 0 Å². The van der Waals surface area contributed by atoms with E-state index < -0.39 is 30.2 Å². The van der Waals surface area contributed by atoms with E-state index in [0.717, 1.165) is 11.1 Å². The maximum absolute atomic E-state index is 9.95. The molecule has 6 heteroatoms. The van der Waals surface area contributed by atoms with Gasteiger partial charge in [-0.1, -0.05) is 60.7 Å². The molecule has 1 heterocycles. The van der Waals surface area contributed by atoms with E-state index >= 15 is 0 Å². The molecule has 2 aromatic carbocycles. The third kappa shape index (κ3) is 6.09. The van der Waals surface area contributed by atoms with Crippen LogP contribution >= 0.6 is 0 Å².